The number of aryl methyl sites for hydroxylation is 2. The fourth-order valence-electron chi connectivity index (χ4n) is 1.42. The van der Waals surface area contributed by atoms with E-state index in [1.807, 2.05) is 37.1 Å². The molecule has 0 fully saturated rings. The van der Waals surface area contributed by atoms with Crippen LogP contribution in [0.3, 0.4) is 0 Å². The zero-order valence-electron chi connectivity index (χ0n) is 8.76. The predicted octanol–water partition coefficient (Wildman–Crippen LogP) is 2.98. The molecule has 0 N–H and O–H groups in total. The molecule has 0 amide bonds. The first-order valence-electron chi connectivity index (χ1n) is 5.02. The van der Waals surface area contributed by atoms with Crippen molar-refractivity contribution in [2.45, 2.75) is 18.4 Å². The summed E-state index contributed by atoms with van der Waals surface area (Å²) in [6.07, 6.45) is 3.88. The third kappa shape index (κ3) is 2.86. The molecule has 0 saturated carbocycles. The van der Waals surface area contributed by atoms with Crippen molar-refractivity contribution in [2.75, 3.05) is 5.75 Å². The largest absolute Gasteiger partial charge is 0.334 e. The molecule has 0 saturated heterocycles. The summed E-state index contributed by atoms with van der Waals surface area (Å²) in [7, 11) is 0. The molecule has 0 bridgehead atoms. The van der Waals surface area contributed by atoms with E-state index in [2.05, 4.69) is 33.8 Å². The van der Waals surface area contributed by atoms with Gasteiger partial charge in [0.2, 0.25) is 0 Å². The zero-order chi connectivity index (χ0) is 10.5. The highest BCUT2D eigenvalue weighted by Crippen LogP contribution is 2.17. The van der Waals surface area contributed by atoms with Gasteiger partial charge in [-0.05, 0) is 19.1 Å². The fourth-order valence-corrected chi connectivity index (χ4v) is 2.29. The Balaban J connectivity index is 1.83. The van der Waals surface area contributed by atoms with Gasteiger partial charge in [0.25, 0.3) is 0 Å². The smallest absolute Gasteiger partial charge is 0.105 e. The molecule has 3 heteroatoms. The summed E-state index contributed by atoms with van der Waals surface area (Å²) in [6.45, 7) is 3.05. The maximum absolute atomic E-state index is 4.20. The van der Waals surface area contributed by atoms with Gasteiger partial charge in [-0.3, -0.25) is 0 Å². The van der Waals surface area contributed by atoms with Crippen molar-refractivity contribution in [1.82, 2.24) is 9.55 Å². The first-order chi connectivity index (χ1) is 7.36. The van der Waals surface area contributed by atoms with E-state index in [1.54, 1.807) is 0 Å². The molecule has 0 unspecified atom stereocenters. The highest BCUT2D eigenvalue weighted by Gasteiger charge is 1.97. The number of hydrogen-bond donors (Lipinski definition) is 0. The number of rotatable bonds is 4. The summed E-state index contributed by atoms with van der Waals surface area (Å²) in [6, 6.07) is 10.5. The molecule has 0 spiro atoms. The lowest BCUT2D eigenvalue weighted by atomic mass is 10.4. The summed E-state index contributed by atoms with van der Waals surface area (Å²) in [5, 5.41) is 0. The number of benzene rings is 1. The van der Waals surface area contributed by atoms with Gasteiger partial charge in [-0.1, -0.05) is 18.2 Å². The Bertz CT molecular complexity index is 409. The van der Waals surface area contributed by atoms with E-state index in [9.17, 15) is 0 Å². The van der Waals surface area contributed by atoms with Crippen molar-refractivity contribution in [3.05, 3.63) is 48.5 Å². The first-order valence-corrected chi connectivity index (χ1v) is 6.00. The highest BCUT2D eigenvalue weighted by molar-refractivity contribution is 7.99. The van der Waals surface area contributed by atoms with Gasteiger partial charge in [-0.15, -0.1) is 11.8 Å². The summed E-state index contributed by atoms with van der Waals surface area (Å²) in [5.41, 5.74) is 0. The van der Waals surface area contributed by atoms with E-state index in [4.69, 9.17) is 0 Å². The molecule has 0 radical (unpaired) electrons. The van der Waals surface area contributed by atoms with Crippen LogP contribution >= 0.6 is 11.8 Å². The number of nitrogens with zero attached hydrogens (tertiary/aromatic N) is 2. The lowest BCUT2D eigenvalue weighted by Gasteiger charge is -2.04. The van der Waals surface area contributed by atoms with Crippen molar-refractivity contribution in [2.24, 2.45) is 0 Å². The molecule has 78 valence electrons. The minimum Gasteiger partial charge on any atom is -0.334 e. The number of thioether (sulfide) groups is 1. The van der Waals surface area contributed by atoms with Gasteiger partial charge in [-0.25, -0.2) is 4.98 Å². The van der Waals surface area contributed by atoms with Crippen molar-refractivity contribution < 1.29 is 0 Å². The SMILES string of the molecule is Cc1nccn1CCSc1ccccc1. The van der Waals surface area contributed by atoms with Gasteiger partial charge in [0, 0.05) is 29.6 Å². The molecule has 0 aliphatic rings. The van der Waals surface area contributed by atoms with Crippen LogP contribution < -0.4 is 0 Å². The van der Waals surface area contributed by atoms with Gasteiger partial charge in [0.15, 0.2) is 0 Å². The van der Waals surface area contributed by atoms with Crippen LogP contribution in [0.1, 0.15) is 5.82 Å². The van der Waals surface area contributed by atoms with Crippen LogP contribution in [-0.2, 0) is 6.54 Å². The third-order valence-electron chi connectivity index (χ3n) is 2.27. The molecule has 1 heterocycles. The Morgan fingerprint density at radius 3 is 2.73 bits per heavy atom. The van der Waals surface area contributed by atoms with Crippen molar-refractivity contribution >= 4 is 11.8 Å². The molecular formula is C12H14N2S. The summed E-state index contributed by atoms with van der Waals surface area (Å²) in [4.78, 5) is 5.52. The number of imidazole rings is 1. The second-order valence-electron chi connectivity index (χ2n) is 3.33. The van der Waals surface area contributed by atoms with Gasteiger partial charge >= 0.3 is 0 Å². The van der Waals surface area contributed by atoms with Gasteiger partial charge in [0.1, 0.15) is 5.82 Å². The molecule has 2 nitrogen and oxygen atoms in total. The fraction of sp³-hybridized carbons (Fsp3) is 0.250. The van der Waals surface area contributed by atoms with E-state index in [1.165, 1.54) is 4.90 Å². The maximum atomic E-state index is 4.20. The van der Waals surface area contributed by atoms with E-state index in [0.717, 1.165) is 18.1 Å². The van der Waals surface area contributed by atoms with Crippen molar-refractivity contribution in [1.29, 1.82) is 0 Å². The summed E-state index contributed by atoms with van der Waals surface area (Å²) in [5.74, 6) is 2.17. The molecule has 0 aliphatic heterocycles. The van der Waals surface area contributed by atoms with Crippen LogP contribution in [0.5, 0.6) is 0 Å². The monoisotopic (exact) mass is 218 g/mol. The van der Waals surface area contributed by atoms with Gasteiger partial charge in [-0.2, -0.15) is 0 Å². The third-order valence-corrected chi connectivity index (χ3v) is 3.26. The first kappa shape index (κ1) is 10.3. The Morgan fingerprint density at radius 2 is 2.07 bits per heavy atom. The van der Waals surface area contributed by atoms with Crippen LogP contribution in [-0.4, -0.2) is 15.3 Å². The van der Waals surface area contributed by atoms with Crippen LogP contribution in [0, 0.1) is 6.92 Å². The molecule has 2 rings (SSSR count). The molecular weight excluding hydrogens is 204 g/mol. The van der Waals surface area contributed by atoms with Crippen molar-refractivity contribution in [3.63, 3.8) is 0 Å². The average molecular weight is 218 g/mol. The molecule has 1 aromatic carbocycles. The lowest BCUT2D eigenvalue weighted by Crippen LogP contribution is -2.01. The van der Waals surface area contributed by atoms with E-state index < -0.39 is 0 Å². The maximum Gasteiger partial charge on any atom is 0.105 e. The Kier molecular flexibility index (Phi) is 3.45. The van der Waals surface area contributed by atoms with E-state index in [-0.39, 0.29) is 0 Å². The lowest BCUT2D eigenvalue weighted by molar-refractivity contribution is 0.738. The standard InChI is InChI=1S/C12H14N2S/c1-11-13-7-8-14(11)9-10-15-12-5-3-2-4-6-12/h2-8H,9-10H2,1H3. The van der Waals surface area contributed by atoms with Crippen LogP contribution in [0.25, 0.3) is 0 Å². The van der Waals surface area contributed by atoms with Crippen LogP contribution in [0.15, 0.2) is 47.6 Å². The predicted molar refractivity (Wildman–Crippen MR) is 64.1 cm³/mol. The average Bonchev–Trinajstić information content (AvgIpc) is 2.66. The molecule has 0 atom stereocenters. The van der Waals surface area contributed by atoms with Crippen molar-refractivity contribution in [3.8, 4) is 0 Å². The minimum absolute atomic E-state index is 1.02. The Morgan fingerprint density at radius 1 is 1.27 bits per heavy atom. The molecule has 2 aromatic rings. The van der Waals surface area contributed by atoms with E-state index >= 15 is 0 Å². The zero-order valence-corrected chi connectivity index (χ0v) is 9.57. The quantitative estimate of drug-likeness (QED) is 0.734. The second-order valence-corrected chi connectivity index (χ2v) is 4.50. The normalized spacial score (nSPS) is 10.5. The second kappa shape index (κ2) is 5.03. The Labute approximate surface area is 94.3 Å². The molecule has 0 aliphatic carbocycles. The number of aromatic nitrogens is 2. The van der Waals surface area contributed by atoms with E-state index in [0.29, 0.717) is 0 Å². The van der Waals surface area contributed by atoms with Crippen LogP contribution in [0.4, 0.5) is 0 Å². The Hall–Kier alpha value is -1.22. The van der Waals surface area contributed by atoms with Crippen LogP contribution in [0.2, 0.25) is 0 Å². The molecule has 15 heavy (non-hydrogen) atoms. The molecule has 1 aromatic heterocycles. The highest BCUT2D eigenvalue weighted by atomic mass is 32.2. The summed E-state index contributed by atoms with van der Waals surface area (Å²) >= 11 is 1.88. The topological polar surface area (TPSA) is 17.8 Å². The van der Waals surface area contributed by atoms with Gasteiger partial charge < -0.3 is 4.57 Å². The number of hydrogen-bond acceptors (Lipinski definition) is 2. The van der Waals surface area contributed by atoms with Gasteiger partial charge in [0.05, 0.1) is 0 Å². The summed E-state index contributed by atoms with van der Waals surface area (Å²) < 4.78 is 2.18. The minimum atomic E-state index is 1.02.